The summed E-state index contributed by atoms with van der Waals surface area (Å²) in [6.45, 7) is 0.106. The molecule has 27 heavy (non-hydrogen) atoms. The molecule has 132 valence electrons. The smallest absolute Gasteiger partial charge is 0.246 e. The maximum Gasteiger partial charge on any atom is 0.246 e. The summed E-state index contributed by atoms with van der Waals surface area (Å²) in [5.74, 6) is -0.156. The van der Waals surface area contributed by atoms with Gasteiger partial charge in [0.1, 0.15) is 12.1 Å². The molecule has 0 fully saturated rings. The molecule has 1 amide bonds. The van der Waals surface area contributed by atoms with Gasteiger partial charge in [-0.25, -0.2) is 4.68 Å². The van der Waals surface area contributed by atoms with Crippen molar-refractivity contribution in [1.29, 1.82) is 0 Å². The van der Waals surface area contributed by atoms with Crippen molar-refractivity contribution in [3.8, 4) is 0 Å². The van der Waals surface area contributed by atoms with E-state index in [0.717, 1.165) is 28.0 Å². The number of fused-ring (bicyclic) bond motifs is 1. The van der Waals surface area contributed by atoms with Gasteiger partial charge in [-0.2, -0.15) is 0 Å². The molecule has 0 saturated carbocycles. The topological polar surface area (TPSA) is 72.7 Å². The van der Waals surface area contributed by atoms with Crippen molar-refractivity contribution < 1.29 is 4.79 Å². The van der Waals surface area contributed by atoms with Crippen molar-refractivity contribution in [2.45, 2.75) is 6.54 Å². The molecule has 0 bridgehead atoms. The minimum atomic E-state index is -0.156. The maximum absolute atomic E-state index is 12.4. The molecule has 2 heterocycles. The van der Waals surface area contributed by atoms with E-state index in [4.69, 9.17) is 0 Å². The fourth-order valence-corrected chi connectivity index (χ4v) is 2.75. The van der Waals surface area contributed by atoms with Crippen molar-refractivity contribution in [3.05, 3.63) is 84.2 Å². The zero-order valence-corrected chi connectivity index (χ0v) is 14.5. The molecule has 2 aromatic carbocycles. The number of benzene rings is 2. The van der Waals surface area contributed by atoms with Gasteiger partial charge in [0.05, 0.1) is 11.2 Å². The number of carbonyl (C=O) groups excluding carboxylic acids is 1. The van der Waals surface area contributed by atoms with Gasteiger partial charge in [0.15, 0.2) is 0 Å². The molecule has 0 unspecified atom stereocenters. The average molecular weight is 355 g/mol. The second kappa shape index (κ2) is 7.61. The Balaban J connectivity index is 1.45. The maximum atomic E-state index is 12.4. The van der Waals surface area contributed by atoms with Gasteiger partial charge in [0, 0.05) is 11.9 Å². The van der Waals surface area contributed by atoms with Crippen LogP contribution in [0.3, 0.4) is 0 Å². The zero-order chi connectivity index (χ0) is 18.5. The quantitative estimate of drug-likeness (QED) is 0.593. The lowest BCUT2D eigenvalue weighted by molar-refractivity contribution is -0.116. The number of amides is 1. The Kier molecular flexibility index (Phi) is 4.70. The third-order valence-corrected chi connectivity index (χ3v) is 4.02. The fourth-order valence-electron chi connectivity index (χ4n) is 2.75. The summed E-state index contributed by atoms with van der Waals surface area (Å²) in [4.78, 5) is 16.6. The molecule has 0 radical (unpaired) electrons. The lowest BCUT2D eigenvalue weighted by Crippen LogP contribution is -2.19. The summed E-state index contributed by atoms with van der Waals surface area (Å²) in [6, 6.07) is 21.0. The van der Waals surface area contributed by atoms with Crippen molar-refractivity contribution >= 4 is 34.8 Å². The van der Waals surface area contributed by atoms with Gasteiger partial charge in [0.2, 0.25) is 5.91 Å². The first-order chi connectivity index (χ1) is 13.3. The number of rotatable bonds is 5. The second-order valence-electron chi connectivity index (χ2n) is 6.00. The second-order valence-corrected chi connectivity index (χ2v) is 6.00. The molecule has 0 aliphatic carbocycles. The Morgan fingerprint density at radius 1 is 1.00 bits per heavy atom. The third-order valence-electron chi connectivity index (χ3n) is 4.02. The van der Waals surface area contributed by atoms with Crippen LogP contribution >= 0.6 is 0 Å². The Morgan fingerprint density at radius 2 is 1.89 bits per heavy atom. The highest BCUT2D eigenvalue weighted by Crippen LogP contribution is 2.14. The molecule has 2 aromatic heterocycles. The molecule has 6 heteroatoms. The van der Waals surface area contributed by atoms with Gasteiger partial charge in [-0.05, 0) is 48.0 Å². The Morgan fingerprint density at radius 3 is 2.78 bits per heavy atom. The van der Waals surface area contributed by atoms with Crippen molar-refractivity contribution in [2.75, 3.05) is 5.32 Å². The molecule has 0 aliphatic heterocycles. The van der Waals surface area contributed by atoms with Gasteiger partial charge < -0.3 is 5.32 Å². The minimum Gasteiger partial charge on any atom is -0.324 e. The summed E-state index contributed by atoms with van der Waals surface area (Å²) < 4.78 is 1.59. The Hall–Kier alpha value is -3.80. The van der Waals surface area contributed by atoms with E-state index in [2.05, 4.69) is 20.6 Å². The van der Waals surface area contributed by atoms with Crippen LogP contribution in [0.5, 0.6) is 0 Å². The number of carbonyl (C=O) groups is 1. The molecule has 0 atom stereocenters. The highest BCUT2D eigenvalue weighted by molar-refractivity contribution is 5.91. The molecule has 1 N–H and O–H groups in total. The van der Waals surface area contributed by atoms with Crippen molar-refractivity contribution in [1.82, 2.24) is 20.0 Å². The standard InChI is InChI=1S/C21H17N5O/c27-21(15-26-20-10-2-1-9-19(20)24-25-26)23-18-8-5-6-16(14-18)11-12-17-7-3-4-13-22-17/h1-14H,15H2,(H,23,27). The van der Waals surface area contributed by atoms with Crippen LogP contribution in [-0.4, -0.2) is 25.9 Å². The number of pyridine rings is 1. The normalized spacial score (nSPS) is 11.1. The lowest BCUT2D eigenvalue weighted by atomic mass is 10.1. The largest absolute Gasteiger partial charge is 0.324 e. The van der Waals surface area contributed by atoms with E-state index in [-0.39, 0.29) is 12.5 Å². The lowest BCUT2D eigenvalue weighted by Gasteiger charge is -2.06. The van der Waals surface area contributed by atoms with Crippen LogP contribution in [-0.2, 0) is 11.3 Å². The minimum absolute atomic E-state index is 0.106. The van der Waals surface area contributed by atoms with Gasteiger partial charge in [0.25, 0.3) is 0 Å². The summed E-state index contributed by atoms with van der Waals surface area (Å²) in [5, 5.41) is 11.0. The van der Waals surface area contributed by atoms with Crippen LogP contribution in [0, 0.1) is 0 Å². The summed E-state index contributed by atoms with van der Waals surface area (Å²) in [6.07, 6.45) is 5.65. The molecule has 4 rings (SSSR count). The van der Waals surface area contributed by atoms with Crippen LogP contribution in [0.15, 0.2) is 72.9 Å². The first-order valence-corrected chi connectivity index (χ1v) is 8.55. The fraction of sp³-hybridized carbons (Fsp3) is 0.0476. The van der Waals surface area contributed by atoms with Crippen molar-refractivity contribution in [2.24, 2.45) is 0 Å². The molecule has 0 spiro atoms. The SMILES string of the molecule is O=C(Cn1nnc2ccccc21)Nc1cccc(C=Cc2ccccn2)c1. The van der Waals surface area contributed by atoms with Crippen LogP contribution in [0.4, 0.5) is 5.69 Å². The van der Waals surface area contributed by atoms with E-state index in [0.29, 0.717) is 0 Å². The monoisotopic (exact) mass is 355 g/mol. The number of para-hydroxylation sites is 1. The molecule has 6 nitrogen and oxygen atoms in total. The van der Waals surface area contributed by atoms with Crippen LogP contribution in [0.2, 0.25) is 0 Å². The van der Waals surface area contributed by atoms with E-state index in [9.17, 15) is 4.79 Å². The molecule has 0 aliphatic rings. The van der Waals surface area contributed by atoms with Gasteiger partial charge in [-0.1, -0.05) is 41.6 Å². The summed E-state index contributed by atoms with van der Waals surface area (Å²) in [7, 11) is 0. The number of nitrogens with zero attached hydrogens (tertiary/aromatic N) is 4. The van der Waals surface area contributed by atoms with Gasteiger partial charge in [-0.15, -0.1) is 5.10 Å². The van der Waals surface area contributed by atoms with E-state index in [1.807, 2.05) is 78.9 Å². The molecule has 4 aromatic rings. The van der Waals surface area contributed by atoms with E-state index >= 15 is 0 Å². The van der Waals surface area contributed by atoms with Crippen LogP contribution in [0.1, 0.15) is 11.3 Å². The first-order valence-electron chi connectivity index (χ1n) is 8.55. The highest BCUT2D eigenvalue weighted by Gasteiger charge is 2.08. The van der Waals surface area contributed by atoms with E-state index in [1.165, 1.54) is 0 Å². The predicted molar refractivity (Wildman–Crippen MR) is 106 cm³/mol. The average Bonchev–Trinajstić information content (AvgIpc) is 3.10. The highest BCUT2D eigenvalue weighted by atomic mass is 16.2. The van der Waals surface area contributed by atoms with E-state index in [1.54, 1.807) is 10.9 Å². The van der Waals surface area contributed by atoms with E-state index < -0.39 is 0 Å². The summed E-state index contributed by atoms with van der Waals surface area (Å²) in [5.41, 5.74) is 4.19. The predicted octanol–water partition coefficient (Wildman–Crippen LogP) is 3.64. The summed E-state index contributed by atoms with van der Waals surface area (Å²) >= 11 is 0. The Bertz CT molecular complexity index is 1100. The molecular formula is C21H17N5O. The number of hydrogen-bond donors (Lipinski definition) is 1. The molecule has 0 saturated heterocycles. The third kappa shape index (κ3) is 4.07. The zero-order valence-electron chi connectivity index (χ0n) is 14.5. The first kappa shape index (κ1) is 16.7. The number of nitrogens with one attached hydrogen (secondary N) is 1. The number of hydrogen-bond acceptors (Lipinski definition) is 4. The van der Waals surface area contributed by atoms with Gasteiger partial charge >= 0.3 is 0 Å². The number of aromatic nitrogens is 4. The van der Waals surface area contributed by atoms with Crippen LogP contribution in [0.25, 0.3) is 23.2 Å². The van der Waals surface area contributed by atoms with Crippen LogP contribution < -0.4 is 5.32 Å². The molecular weight excluding hydrogens is 338 g/mol. The number of anilines is 1. The van der Waals surface area contributed by atoms with Crippen molar-refractivity contribution in [3.63, 3.8) is 0 Å². The Labute approximate surface area is 156 Å². The van der Waals surface area contributed by atoms with Gasteiger partial charge in [-0.3, -0.25) is 9.78 Å².